The number of benzene rings is 2. The number of hydrogen-bond acceptors (Lipinski definition) is 5. The number of rotatable bonds is 9. The van der Waals surface area contributed by atoms with Crippen molar-refractivity contribution in [3.8, 4) is 5.75 Å². The summed E-state index contributed by atoms with van der Waals surface area (Å²) < 4.78 is 33.0. The van der Waals surface area contributed by atoms with E-state index in [0.29, 0.717) is 43.7 Å². The van der Waals surface area contributed by atoms with Crippen molar-refractivity contribution in [3.63, 3.8) is 0 Å². The summed E-state index contributed by atoms with van der Waals surface area (Å²) in [5, 5.41) is 5.61. The van der Waals surface area contributed by atoms with Crippen LogP contribution in [0.25, 0.3) is 0 Å². The average molecular weight is 446 g/mol. The van der Waals surface area contributed by atoms with Crippen molar-refractivity contribution in [2.45, 2.75) is 43.5 Å². The standard InChI is InChI=1S/C22H27N3O5S/c1-30-20-8-3-2-6-17(20)15-23-21(26)10-5-13-24-31(28,29)18-11-12-19-16(14-18)7-4-9-22(27)25-19/h2-3,6,8,11-12,14,24H,4-5,7,9-10,13,15H2,1H3,(H,23,26)(H,25,27). The monoisotopic (exact) mass is 445 g/mol. The van der Waals surface area contributed by atoms with E-state index in [2.05, 4.69) is 15.4 Å². The third-order valence-electron chi connectivity index (χ3n) is 5.05. The lowest BCUT2D eigenvalue weighted by atomic mass is 10.1. The Hall–Kier alpha value is -2.91. The van der Waals surface area contributed by atoms with Gasteiger partial charge in [-0.25, -0.2) is 13.1 Å². The van der Waals surface area contributed by atoms with Crippen LogP contribution in [0.15, 0.2) is 47.4 Å². The highest BCUT2D eigenvalue weighted by Crippen LogP contribution is 2.25. The van der Waals surface area contributed by atoms with Crippen LogP contribution in [0.5, 0.6) is 5.75 Å². The highest BCUT2D eigenvalue weighted by molar-refractivity contribution is 7.89. The van der Waals surface area contributed by atoms with Gasteiger partial charge in [-0.15, -0.1) is 0 Å². The van der Waals surface area contributed by atoms with Crippen LogP contribution in [0.2, 0.25) is 0 Å². The van der Waals surface area contributed by atoms with Crippen molar-refractivity contribution in [2.75, 3.05) is 19.0 Å². The first-order valence-corrected chi connectivity index (χ1v) is 11.7. The van der Waals surface area contributed by atoms with E-state index in [1.54, 1.807) is 19.2 Å². The highest BCUT2D eigenvalue weighted by Gasteiger charge is 2.18. The number of para-hydroxylation sites is 1. The van der Waals surface area contributed by atoms with Crippen molar-refractivity contribution in [3.05, 3.63) is 53.6 Å². The van der Waals surface area contributed by atoms with E-state index in [0.717, 1.165) is 11.1 Å². The zero-order chi connectivity index (χ0) is 22.3. The minimum absolute atomic E-state index is 0.0588. The number of anilines is 1. The second kappa shape index (κ2) is 10.4. The Balaban J connectivity index is 1.47. The summed E-state index contributed by atoms with van der Waals surface area (Å²) in [6.07, 6.45) is 2.32. The van der Waals surface area contributed by atoms with Crippen LogP contribution in [0.1, 0.15) is 36.8 Å². The molecule has 0 saturated carbocycles. The fourth-order valence-electron chi connectivity index (χ4n) is 3.39. The average Bonchev–Trinajstić information content (AvgIpc) is 2.95. The Morgan fingerprint density at radius 2 is 1.97 bits per heavy atom. The molecule has 1 heterocycles. The molecule has 0 bridgehead atoms. The first-order valence-electron chi connectivity index (χ1n) is 10.2. The number of ether oxygens (including phenoxy) is 1. The zero-order valence-corrected chi connectivity index (χ0v) is 18.3. The van der Waals surface area contributed by atoms with Gasteiger partial charge in [0.1, 0.15) is 5.75 Å². The third kappa shape index (κ3) is 6.28. The molecule has 2 amide bonds. The number of fused-ring (bicyclic) bond motifs is 1. The fourth-order valence-corrected chi connectivity index (χ4v) is 4.51. The molecule has 9 heteroatoms. The van der Waals surface area contributed by atoms with E-state index >= 15 is 0 Å². The molecule has 0 fully saturated rings. The summed E-state index contributed by atoms with van der Waals surface area (Å²) in [7, 11) is -2.12. The van der Waals surface area contributed by atoms with Crippen LogP contribution in [-0.4, -0.2) is 33.9 Å². The largest absolute Gasteiger partial charge is 0.496 e. The van der Waals surface area contributed by atoms with Gasteiger partial charge in [0.2, 0.25) is 21.8 Å². The molecule has 0 aliphatic carbocycles. The van der Waals surface area contributed by atoms with Gasteiger partial charge in [-0.3, -0.25) is 9.59 Å². The van der Waals surface area contributed by atoms with Crippen LogP contribution in [-0.2, 0) is 32.6 Å². The summed E-state index contributed by atoms with van der Waals surface area (Å²) in [5.74, 6) is 0.484. The Morgan fingerprint density at radius 1 is 1.16 bits per heavy atom. The van der Waals surface area contributed by atoms with Crippen LogP contribution in [0, 0.1) is 0 Å². The van der Waals surface area contributed by atoms with Gasteiger partial charge in [0.25, 0.3) is 0 Å². The summed E-state index contributed by atoms with van der Waals surface area (Å²) in [5.41, 5.74) is 2.34. The van der Waals surface area contributed by atoms with E-state index in [1.807, 2.05) is 24.3 Å². The second-order valence-electron chi connectivity index (χ2n) is 7.31. The number of hydrogen-bond donors (Lipinski definition) is 3. The molecular weight excluding hydrogens is 418 g/mol. The molecule has 3 rings (SSSR count). The molecule has 31 heavy (non-hydrogen) atoms. The molecule has 1 aliphatic rings. The van der Waals surface area contributed by atoms with Crippen LogP contribution in [0.4, 0.5) is 5.69 Å². The lowest BCUT2D eigenvalue weighted by molar-refractivity contribution is -0.121. The van der Waals surface area contributed by atoms with Gasteiger partial charge in [-0.2, -0.15) is 0 Å². The third-order valence-corrected chi connectivity index (χ3v) is 6.51. The first kappa shape index (κ1) is 22.8. The normalized spacial score (nSPS) is 13.6. The number of sulfonamides is 1. The zero-order valence-electron chi connectivity index (χ0n) is 17.4. The number of methoxy groups -OCH3 is 1. The van der Waals surface area contributed by atoms with Gasteiger partial charge < -0.3 is 15.4 Å². The van der Waals surface area contributed by atoms with Gasteiger partial charge in [0.15, 0.2) is 0 Å². The quantitative estimate of drug-likeness (QED) is 0.513. The lowest BCUT2D eigenvalue weighted by Crippen LogP contribution is -2.27. The molecule has 8 nitrogen and oxygen atoms in total. The Bertz CT molecular complexity index is 1050. The molecule has 166 valence electrons. The molecule has 2 aromatic carbocycles. The molecular formula is C22H27N3O5S. The fraction of sp³-hybridized carbons (Fsp3) is 0.364. The van der Waals surface area contributed by atoms with Gasteiger partial charge in [0, 0.05) is 37.2 Å². The maximum Gasteiger partial charge on any atom is 0.240 e. The van der Waals surface area contributed by atoms with Crippen molar-refractivity contribution in [1.29, 1.82) is 0 Å². The molecule has 3 N–H and O–H groups in total. The van der Waals surface area contributed by atoms with E-state index in [-0.39, 0.29) is 29.7 Å². The molecule has 2 aromatic rings. The minimum atomic E-state index is -3.69. The molecule has 0 unspecified atom stereocenters. The topological polar surface area (TPSA) is 114 Å². The summed E-state index contributed by atoms with van der Waals surface area (Å²) in [6, 6.07) is 12.1. The number of carbonyl (C=O) groups is 2. The maximum atomic E-state index is 12.6. The molecule has 0 aromatic heterocycles. The predicted octanol–water partition coefficient (Wildman–Crippen LogP) is 2.34. The first-order chi connectivity index (χ1) is 14.9. The molecule has 0 atom stereocenters. The van der Waals surface area contributed by atoms with E-state index < -0.39 is 10.0 Å². The minimum Gasteiger partial charge on any atom is -0.496 e. The van der Waals surface area contributed by atoms with Crippen molar-refractivity contribution in [1.82, 2.24) is 10.0 Å². The molecule has 0 saturated heterocycles. The smallest absolute Gasteiger partial charge is 0.240 e. The summed E-state index contributed by atoms with van der Waals surface area (Å²) in [4.78, 5) is 23.9. The number of carbonyl (C=O) groups excluding carboxylic acids is 2. The van der Waals surface area contributed by atoms with Crippen molar-refractivity contribution >= 4 is 27.5 Å². The van der Waals surface area contributed by atoms with Crippen LogP contribution in [0.3, 0.4) is 0 Å². The summed E-state index contributed by atoms with van der Waals surface area (Å²) in [6.45, 7) is 0.498. The SMILES string of the molecule is COc1ccccc1CNC(=O)CCCNS(=O)(=O)c1ccc2c(c1)CCCC(=O)N2. The van der Waals surface area contributed by atoms with Crippen LogP contribution < -0.4 is 20.1 Å². The van der Waals surface area contributed by atoms with Crippen molar-refractivity contribution < 1.29 is 22.7 Å². The lowest BCUT2D eigenvalue weighted by Gasteiger charge is -2.11. The second-order valence-corrected chi connectivity index (χ2v) is 9.08. The van der Waals surface area contributed by atoms with E-state index in [1.165, 1.54) is 6.07 Å². The van der Waals surface area contributed by atoms with E-state index in [9.17, 15) is 18.0 Å². The predicted molar refractivity (Wildman–Crippen MR) is 117 cm³/mol. The van der Waals surface area contributed by atoms with Gasteiger partial charge in [-0.1, -0.05) is 18.2 Å². The molecule has 0 radical (unpaired) electrons. The molecule has 1 aliphatic heterocycles. The number of aryl methyl sites for hydroxylation is 1. The van der Waals surface area contributed by atoms with Crippen LogP contribution >= 0.6 is 0 Å². The Kier molecular flexibility index (Phi) is 7.64. The Labute approximate surface area is 182 Å². The van der Waals surface area contributed by atoms with Crippen molar-refractivity contribution in [2.24, 2.45) is 0 Å². The summed E-state index contributed by atoms with van der Waals surface area (Å²) >= 11 is 0. The number of nitrogens with one attached hydrogen (secondary N) is 3. The van der Waals surface area contributed by atoms with Gasteiger partial charge in [-0.05, 0) is 49.1 Å². The van der Waals surface area contributed by atoms with E-state index in [4.69, 9.17) is 4.74 Å². The highest BCUT2D eigenvalue weighted by atomic mass is 32.2. The molecule has 0 spiro atoms. The number of amides is 2. The van der Waals surface area contributed by atoms with Gasteiger partial charge in [0.05, 0.1) is 12.0 Å². The van der Waals surface area contributed by atoms with Gasteiger partial charge >= 0.3 is 0 Å². The maximum absolute atomic E-state index is 12.6. The Morgan fingerprint density at radius 3 is 2.77 bits per heavy atom.